The third-order valence-electron chi connectivity index (χ3n) is 4.12. The Balaban J connectivity index is 1.47. The summed E-state index contributed by atoms with van der Waals surface area (Å²) < 4.78 is 2.27. The summed E-state index contributed by atoms with van der Waals surface area (Å²) in [5.41, 5.74) is 2.61. The smallest absolute Gasteiger partial charge is 0.0343 e. The van der Waals surface area contributed by atoms with Gasteiger partial charge in [0.05, 0.1) is 0 Å². The van der Waals surface area contributed by atoms with Crippen LogP contribution in [0, 0.1) is 0 Å². The van der Waals surface area contributed by atoms with Crippen molar-refractivity contribution in [2.24, 2.45) is 0 Å². The first-order valence-electron chi connectivity index (χ1n) is 7.68. The molecule has 0 spiro atoms. The lowest BCUT2D eigenvalue weighted by molar-refractivity contribution is 0.211. The molecule has 2 aromatic carbocycles. The van der Waals surface area contributed by atoms with Gasteiger partial charge < -0.3 is 5.32 Å². The third-order valence-corrected chi connectivity index (χ3v) is 5.18. The number of nitrogens with zero attached hydrogens (tertiary/aromatic N) is 1. The largest absolute Gasteiger partial charge is 0.382 e. The topological polar surface area (TPSA) is 15.3 Å². The van der Waals surface area contributed by atoms with Crippen LogP contribution >= 0.6 is 31.9 Å². The molecule has 3 rings (SSSR count). The molecular formula is C18H20Br2N2. The molecule has 1 fully saturated rings. The molecule has 2 nitrogen and oxygen atoms in total. The maximum Gasteiger partial charge on any atom is 0.0343 e. The van der Waals surface area contributed by atoms with Gasteiger partial charge in [0.15, 0.2) is 0 Å². The highest BCUT2D eigenvalue weighted by atomic mass is 79.9. The molecule has 116 valence electrons. The van der Waals surface area contributed by atoms with E-state index in [4.69, 9.17) is 0 Å². The number of anilines is 1. The van der Waals surface area contributed by atoms with Crippen molar-refractivity contribution in [3.63, 3.8) is 0 Å². The van der Waals surface area contributed by atoms with Crippen molar-refractivity contribution in [2.45, 2.75) is 25.4 Å². The van der Waals surface area contributed by atoms with Gasteiger partial charge in [-0.25, -0.2) is 0 Å². The van der Waals surface area contributed by atoms with E-state index in [2.05, 4.69) is 90.6 Å². The molecule has 0 atom stereocenters. The predicted octanol–water partition coefficient (Wildman–Crippen LogP) is 5.29. The van der Waals surface area contributed by atoms with E-state index in [1.54, 1.807) is 0 Å². The summed E-state index contributed by atoms with van der Waals surface area (Å²) in [7, 11) is 0. The normalized spacial score (nSPS) is 16.6. The summed E-state index contributed by atoms with van der Waals surface area (Å²) in [5, 5.41) is 3.65. The number of piperidine rings is 1. The highest BCUT2D eigenvalue weighted by Gasteiger charge is 2.19. The Hall–Kier alpha value is -0.840. The van der Waals surface area contributed by atoms with Crippen molar-refractivity contribution in [3.8, 4) is 0 Å². The lowest BCUT2D eigenvalue weighted by Crippen LogP contribution is -2.38. The van der Waals surface area contributed by atoms with Crippen molar-refractivity contribution >= 4 is 37.5 Å². The van der Waals surface area contributed by atoms with Crippen LogP contribution in [0.3, 0.4) is 0 Å². The van der Waals surface area contributed by atoms with E-state index < -0.39 is 0 Å². The van der Waals surface area contributed by atoms with Gasteiger partial charge in [-0.3, -0.25) is 4.90 Å². The molecule has 2 aromatic rings. The van der Waals surface area contributed by atoms with E-state index >= 15 is 0 Å². The molecule has 0 aliphatic carbocycles. The minimum absolute atomic E-state index is 0.586. The summed E-state index contributed by atoms with van der Waals surface area (Å²) in [4.78, 5) is 2.54. The van der Waals surface area contributed by atoms with E-state index in [1.165, 1.54) is 24.1 Å². The second-order valence-corrected chi connectivity index (χ2v) is 7.66. The summed E-state index contributed by atoms with van der Waals surface area (Å²) in [6, 6.07) is 17.7. The van der Waals surface area contributed by atoms with E-state index in [0.717, 1.165) is 28.6 Å². The summed E-state index contributed by atoms with van der Waals surface area (Å²) >= 11 is 6.97. The molecule has 0 unspecified atom stereocenters. The Morgan fingerprint density at radius 3 is 2.00 bits per heavy atom. The fourth-order valence-corrected chi connectivity index (χ4v) is 3.39. The molecule has 1 aliphatic rings. The zero-order chi connectivity index (χ0) is 15.4. The molecule has 4 heteroatoms. The summed E-state index contributed by atoms with van der Waals surface area (Å²) in [6.45, 7) is 3.37. The van der Waals surface area contributed by atoms with Gasteiger partial charge in [0, 0.05) is 40.3 Å². The Kier molecular flexibility index (Phi) is 5.55. The van der Waals surface area contributed by atoms with Crippen LogP contribution in [-0.4, -0.2) is 24.0 Å². The molecule has 22 heavy (non-hydrogen) atoms. The first-order valence-corrected chi connectivity index (χ1v) is 9.26. The fraction of sp³-hybridized carbons (Fsp3) is 0.333. The first kappa shape index (κ1) is 16.0. The highest BCUT2D eigenvalue weighted by Crippen LogP contribution is 2.20. The average Bonchev–Trinajstić information content (AvgIpc) is 2.54. The molecule has 1 saturated heterocycles. The van der Waals surface area contributed by atoms with Crippen LogP contribution in [0.5, 0.6) is 0 Å². The second kappa shape index (κ2) is 7.62. The summed E-state index contributed by atoms with van der Waals surface area (Å²) in [6.07, 6.45) is 2.40. The van der Waals surface area contributed by atoms with Crippen LogP contribution < -0.4 is 5.32 Å². The van der Waals surface area contributed by atoms with Crippen LogP contribution in [0.25, 0.3) is 0 Å². The van der Waals surface area contributed by atoms with Crippen LogP contribution in [0.4, 0.5) is 5.69 Å². The average molecular weight is 424 g/mol. The predicted molar refractivity (Wildman–Crippen MR) is 100 cm³/mol. The molecule has 0 saturated carbocycles. The van der Waals surface area contributed by atoms with Crippen LogP contribution in [0.1, 0.15) is 18.4 Å². The number of hydrogen-bond acceptors (Lipinski definition) is 2. The zero-order valence-corrected chi connectivity index (χ0v) is 15.6. The molecule has 0 amide bonds. The van der Waals surface area contributed by atoms with Gasteiger partial charge in [0.25, 0.3) is 0 Å². The lowest BCUT2D eigenvalue weighted by atomic mass is 10.0. The minimum atomic E-state index is 0.586. The van der Waals surface area contributed by atoms with Crippen molar-refractivity contribution in [1.82, 2.24) is 4.90 Å². The Labute approximate surface area is 149 Å². The maximum absolute atomic E-state index is 3.65. The number of rotatable bonds is 4. The molecule has 0 bridgehead atoms. The molecule has 0 radical (unpaired) electrons. The van der Waals surface area contributed by atoms with Gasteiger partial charge in [-0.05, 0) is 54.8 Å². The van der Waals surface area contributed by atoms with Gasteiger partial charge in [0.2, 0.25) is 0 Å². The Bertz CT molecular complexity index is 532. The van der Waals surface area contributed by atoms with Crippen LogP contribution in [-0.2, 0) is 6.54 Å². The van der Waals surface area contributed by atoms with Gasteiger partial charge in [0.1, 0.15) is 0 Å². The number of halogens is 2. The van der Waals surface area contributed by atoms with Crippen LogP contribution in [0.15, 0.2) is 57.5 Å². The maximum atomic E-state index is 3.65. The second-order valence-electron chi connectivity index (χ2n) is 5.83. The number of likely N-dealkylation sites (tertiary alicyclic amines) is 1. The third kappa shape index (κ3) is 4.58. The van der Waals surface area contributed by atoms with Crippen molar-refractivity contribution in [1.29, 1.82) is 0 Å². The van der Waals surface area contributed by atoms with E-state index in [9.17, 15) is 0 Å². The van der Waals surface area contributed by atoms with E-state index in [-0.39, 0.29) is 0 Å². The standard InChI is InChI=1S/C18H20Br2N2/c19-15-3-1-14(2-4-15)13-22-11-9-18(10-12-22)21-17-7-5-16(20)6-8-17/h1-8,18,21H,9-13H2. The Morgan fingerprint density at radius 2 is 1.41 bits per heavy atom. The van der Waals surface area contributed by atoms with Crippen molar-refractivity contribution in [2.75, 3.05) is 18.4 Å². The highest BCUT2D eigenvalue weighted by molar-refractivity contribution is 9.10. The lowest BCUT2D eigenvalue weighted by Gasteiger charge is -2.33. The van der Waals surface area contributed by atoms with Gasteiger partial charge in [-0.15, -0.1) is 0 Å². The quantitative estimate of drug-likeness (QED) is 0.718. The zero-order valence-electron chi connectivity index (χ0n) is 12.4. The fourth-order valence-electron chi connectivity index (χ4n) is 2.87. The molecular weight excluding hydrogens is 404 g/mol. The minimum Gasteiger partial charge on any atom is -0.382 e. The van der Waals surface area contributed by atoms with E-state index in [0.29, 0.717) is 6.04 Å². The van der Waals surface area contributed by atoms with Crippen molar-refractivity contribution in [3.05, 3.63) is 63.0 Å². The van der Waals surface area contributed by atoms with Crippen LogP contribution in [0.2, 0.25) is 0 Å². The molecule has 1 aliphatic heterocycles. The molecule has 1 N–H and O–H groups in total. The van der Waals surface area contributed by atoms with E-state index in [1.807, 2.05) is 0 Å². The van der Waals surface area contributed by atoms with Gasteiger partial charge in [-0.2, -0.15) is 0 Å². The summed E-state index contributed by atoms with van der Waals surface area (Å²) in [5.74, 6) is 0. The first-order chi connectivity index (χ1) is 10.7. The number of nitrogens with one attached hydrogen (secondary N) is 1. The number of hydrogen-bond donors (Lipinski definition) is 1. The monoisotopic (exact) mass is 422 g/mol. The number of benzene rings is 2. The molecule has 0 aromatic heterocycles. The van der Waals surface area contributed by atoms with Gasteiger partial charge >= 0.3 is 0 Å². The molecule has 1 heterocycles. The SMILES string of the molecule is Brc1ccc(CN2CCC(Nc3ccc(Br)cc3)CC2)cc1. The van der Waals surface area contributed by atoms with Crippen molar-refractivity contribution < 1.29 is 0 Å². The Morgan fingerprint density at radius 1 is 0.864 bits per heavy atom. The van der Waals surface area contributed by atoms with Gasteiger partial charge in [-0.1, -0.05) is 44.0 Å².